The highest BCUT2D eigenvalue weighted by atomic mass is 32.1. The monoisotopic (exact) mass is 239 g/mol. The summed E-state index contributed by atoms with van der Waals surface area (Å²) in [5.74, 6) is 0. The van der Waals surface area contributed by atoms with E-state index in [0.29, 0.717) is 13.0 Å². The molecule has 16 heavy (non-hydrogen) atoms. The Morgan fingerprint density at radius 1 is 1.69 bits per heavy atom. The maximum atomic E-state index is 10.5. The molecule has 1 aromatic heterocycles. The van der Waals surface area contributed by atoms with E-state index in [4.69, 9.17) is 5.26 Å². The van der Waals surface area contributed by atoms with Crippen LogP contribution in [0.4, 0.5) is 5.00 Å². The molecule has 0 saturated heterocycles. The van der Waals surface area contributed by atoms with Gasteiger partial charge in [-0.15, -0.1) is 0 Å². The van der Waals surface area contributed by atoms with Crippen LogP contribution in [0.3, 0.4) is 0 Å². The van der Waals surface area contributed by atoms with Crippen LogP contribution in [-0.2, 0) is 6.54 Å². The summed E-state index contributed by atoms with van der Waals surface area (Å²) in [5.41, 5.74) is 0. The van der Waals surface area contributed by atoms with Crippen molar-refractivity contribution in [2.24, 2.45) is 0 Å². The lowest BCUT2D eigenvalue weighted by molar-refractivity contribution is -0.380. The van der Waals surface area contributed by atoms with Crippen molar-refractivity contribution in [3.8, 4) is 6.07 Å². The average molecular weight is 239 g/mol. The van der Waals surface area contributed by atoms with Gasteiger partial charge in [0.25, 0.3) is 0 Å². The van der Waals surface area contributed by atoms with E-state index in [2.05, 4.69) is 11.4 Å². The first-order chi connectivity index (χ1) is 7.67. The fourth-order valence-corrected chi connectivity index (χ4v) is 2.05. The highest BCUT2D eigenvalue weighted by molar-refractivity contribution is 7.15. The smallest absolute Gasteiger partial charge is 0.308 e. The normalized spacial score (nSPS) is 12.0. The number of nitriles is 1. The highest BCUT2D eigenvalue weighted by Crippen LogP contribution is 2.23. The Balaban J connectivity index is 2.47. The van der Waals surface area contributed by atoms with Gasteiger partial charge in [-0.2, -0.15) is 5.26 Å². The lowest BCUT2D eigenvalue weighted by atomic mass is 10.2. The van der Waals surface area contributed by atoms with Gasteiger partial charge >= 0.3 is 5.00 Å². The third kappa shape index (κ3) is 3.61. The van der Waals surface area contributed by atoms with Crippen LogP contribution in [0.2, 0.25) is 0 Å². The third-order valence-corrected chi connectivity index (χ3v) is 3.26. The van der Waals surface area contributed by atoms with Crippen LogP contribution >= 0.6 is 11.3 Å². The molecule has 1 N–H and O–H groups in total. The minimum atomic E-state index is -0.388. The summed E-state index contributed by atoms with van der Waals surface area (Å²) < 4.78 is 0. The molecule has 0 aliphatic rings. The molecule has 0 amide bonds. The predicted octanol–water partition coefficient (Wildman–Crippen LogP) is 2.44. The molecule has 0 spiro atoms. The zero-order chi connectivity index (χ0) is 12.0. The van der Waals surface area contributed by atoms with Crippen molar-refractivity contribution in [1.29, 1.82) is 5.26 Å². The van der Waals surface area contributed by atoms with Gasteiger partial charge in [-0.25, -0.2) is 0 Å². The van der Waals surface area contributed by atoms with Gasteiger partial charge in [0, 0.05) is 23.5 Å². The van der Waals surface area contributed by atoms with Crippen molar-refractivity contribution in [2.75, 3.05) is 0 Å². The van der Waals surface area contributed by atoms with Crippen LogP contribution in [0.15, 0.2) is 12.1 Å². The zero-order valence-electron chi connectivity index (χ0n) is 8.97. The molecule has 0 aliphatic heterocycles. The van der Waals surface area contributed by atoms with Crippen molar-refractivity contribution in [1.82, 2.24) is 5.32 Å². The molecule has 0 aromatic carbocycles. The zero-order valence-corrected chi connectivity index (χ0v) is 9.79. The van der Waals surface area contributed by atoms with E-state index in [9.17, 15) is 10.1 Å². The third-order valence-electron chi connectivity index (χ3n) is 2.22. The number of rotatable bonds is 6. The second-order valence-corrected chi connectivity index (χ2v) is 4.49. The molecule has 1 rings (SSSR count). The Morgan fingerprint density at radius 3 is 2.94 bits per heavy atom. The maximum Gasteiger partial charge on any atom is 0.324 e. The number of hydrogen-bond donors (Lipinski definition) is 1. The molecule has 6 heteroatoms. The Bertz CT molecular complexity index is 397. The van der Waals surface area contributed by atoms with Gasteiger partial charge in [-0.05, 0) is 12.5 Å². The van der Waals surface area contributed by atoms with Crippen molar-refractivity contribution in [3.05, 3.63) is 27.1 Å². The lowest BCUT2D eigenvalue weighted by Crippen LogP contribution is -2.26. The molecule has 1 heterocycles. The summed E-state index contributed by atoms with van der Waals surface area (Å²) >= 11 is 1.17. The van der Waals surface area contributed by atoms with E-state index >= 15 is 0 Å². The van der Waals surface area contributed by atoms with Gasteiger partial charge in [0.1, 0.15) is 0 Å². The summed E-state index contributed by atoms with van der Waals surface area (Å²) in [6.45, 7) is 2.59. The van der Waals surface area contributed by atoms with E-state index in [1.807, 2.05) is 6.92 Å². The van der Waals surface area contributed by atoms with Crippen LogP contribution < -0.4 is 5.32 Å². The largest absolute Gasteiger partial charge is 0.324 e. The summed E-state index contributed by atoms with van der Waals surface area (Å²) in [5, 5.41) is 22.4. The van der Waals surface area contributed by atoms with Crippen LogP contribution in [-0.4, -0.2) is 11.0 Å². The number of thiophene rings is 1. The standard InChI is InChI=1S/C10H13N3O2S/c1-2-8(5-6-11)12-7-9-3-4-10(16-9)13(14)15/h3-4,8,12H,2,5,7H2,1H3. The molecule has 5 nitrogen and oxygen atoms in total. The van der Waals surface area contributed by atoms with Crippen LogP contribution in [0.5, 0.6) is 0 Å². The molecular formula is C10H13N3O2S. The molecule has 0 fully saturated rings. The SMILES string of the molecule is CCC(CC#N)NCc1ccc([N+](=O)[O-])s1. The number of hydrogen-bond acceptors (Lipinski definition) is 5. The molecule has 1 unspecified atom stereocenters. The van der Waals surface area contributed by atoms with E-state index in [-0.39, 0.29) is 16.0 Å². The molecule has 86 valence electrons. The summed E-state index contributed by atoms with van der Waals surface area (Å²) in [7, 11) is 0. The predicted molar refractivity (Wildman–Crippen MR) is 62.1 cm³/mol. The van der Waals surface area contributed by atoms with Gasteiger partial charge in [-0.1, -0.05) is 18.3 Å². The van der Waals surface area contributed by atoms with E-state index in [1.165, 1.54) is 17.4 Å². The molecule has 1 atom stereocenters. The first kappa shape index (κ1) is 12.6. The maximum absolute atomic E-state index is 10.5. The van der Waals surface area contributed by atoms with E-state index < -0.39 is 0 Å². The first-order valence-electron chi connectivity index (χ1n) is 5.00. The van der Waals surface area contributed by atoms with Gasteiger partial charge in [-0.3, -0.25) is 10.1 Å². The van der Waals surface area contributed by atoms with E-state index in [0.717, 1.165) is 11.3 Å². The van der Waals surface area contributed by atoms with E-state index in [1.54, 1.807) is 6.07 Å². The Labute approximate surface area is 97.9 Å². The molecule has 1 aromatic rings. The van der Waals surface area contributed by atoms with Crippen LogP contribution in [0.25, 0.3) is 0 Å². The topological polar surface area (TPSA) is 79.0 Å². The quantitative estimate of drug-likeness (QED) is 0.610. The Morgan fingerprint density at radius 2 is 2.44 bits per heavy atom. The summed E-state index contributed by atoms with van der Waals surface area (Å²) in [6, 6.07) is 5.52. The molecule has 0 radical (unpaired) electrons. The number of nitrogens with zero attached hydrogens (tertiary/aromatic N) is 2. The second-order valence-electron chi connectivity index (χ2n) is 3.35. The van der Waals surface area contributed by atoms with Gasteiger partial charge in [0.05, 0.1) is 17.4 Å². The molecule has 0 aliphatic carbocycles. The average Bonchev–Trinajstić information content (AvgIpc) is 2.73. The van der Waals surface area contributed by atoms with Crippen LogP contribution in [0.1, 0.15) is 24.6 Å². The summed E-state index contributed by atoms with van der Waals surface area (Å²) in [6.07, 6.45) is 1.34. The molecular weight excluding hydrogens is 226 g/mol. The first-order valence-corrected chi connectivity index (χ1v) is 5.82. The van der Waals surface area contributed by atoms with Gasteiger partial charge in [0.2, 0.25) is 0 Å². The van der Waals surface area contributed by atoms with Crippen molar-refractivity contribution in [3.63, 3.8) is 0 Å². The van der Waals surface area contributed by atoms with Crippen molar-refractivity contribution >= 4 is 16.3 Å². The van der Waals surface area contributed by atoms with Crippen molar-refractivity contribution < 1.29 is 4.92 Å². The second kappa shape index (κ2) is 6.20. The summed E-state index contributed by atoms with van der Waals surface area (Å²) in [4.78, 5) is 11.0. The van der Waals surface area contributed by atoms with Crippen LogP contribution in [0, 0.1) is 21.4 Å². The number of nitro groups is 1. The molecule has 0 bridgehead atoms. The minimum absolute atomic E-state index is 0.158. The van der Waals surface area contributed by atoms with Gasteiger partial charge < -0.3 is 5.32 Å². The van der Waals surface area contributed by atoms with Crippen molar-refractivity contribution in [2.45, 2.75) is 32.4 Å². The van der Waals surface area contributed by atoms with Gasteiger partial charge in [0.15, 0.2) is 0 Å². The molecule has 0 saturated carbocycles. The lowest BCUT2D eigenvalue weighted by Gasteiger charge is -2.11. The Hall–Kier alpha value is -1.45. The Kier molecular flexibility index (Phi) is 4.89. The number of nitrogens with one attached hydrogen (secondary N) is 1. The highest BCUT2D eigenvalue weighted by Gasteiger charge is 2.10. The fraction of sp³-hybridized carbons (Fsp3) is 0.500. The fourth-order valence-electron chi connectivity index (χ4n) is 1.28. The minimum Gasteiger partial charge on any atom is -0.308 e.